The molecule has 6 heteroatoms. The fourth-order valence-corrected chi connectivity index (χ4v) is 1.85. The Bertz CT molecular complexity index is 385. The number of hydrogen-bond acceptors (Lipinski definition) is 6. The van der Waals surface area contributed by atoms with Crippen molar-refractivity contribution >= 4 is 12.0 Å². The molecule has 0 aromatic carbocycles. The Hall–Kier alpha value is -1.56. The van der Waals surface area contributed by atoms with Crippen molar-refractivity contribution < 1.29 is 18.7 Å². The third kappa shape index (κ3) is 3.46. The summed E-state index contributed by atoms with van der Waals surface area (Å²) >= 11 is 0. The van der Waals surface area contributed by atoms with Gasteiger partial charge in [-0.25, -0.2) is 4.79 Å². The minimum absolute atomic E-state index is 0.198. The van der Waals surface area contributed by atoms with Crippen LogP contribution < -0.4 is 5.32 Å². The molecule has 6 nitrogen and oxygen atoms in total. The van der Waals surface area contributed by atoms with Crippen LogP contribution in [0.3, 0.4) is 0 Å². The predicted octanol–water partition coefficient (Wildman–Crippen LogP) is 1.69. The molecule has 0 amide bonds. The van der Waals surface area contributed by atoms with E-state index in [2.05, 4.69) is 10.3 Å². The Labute approximate surface area is 106 Å². The monoisotopic (exact) mass is 254 g/mol. The standard InChI is InChI=1S/C12H18N2O4/c1-2-17-11(15)10-8-18-12(14-10)13-5-3-9-4-6-16-7-9/h8-9H,2-7H2,1H3,(H,13,14). The summed E-state index contributed by atoms with van der Waals surface area (Å²) in [4.78, 5) is 15.4. The fourth-order valence-electron chi connectivity index (χ4n) is 1.85. The van der Waals surface area contributed by atoms with Crippen LogP contribution in [-0.2, 0) is 9.47 Å². The molecule has 1 aliphatic rings. The van der Waals surface area contributed by atoms with Crippen LogP contribution in [0.1, 0.15) is 30.3 Å². The Morgan fingerprint density at radius 2 is 2.56 bits per heavy atom. The number of rotatable bonds is 6. The van der Waals surface area contributed by atoms with E-state index >= 15 is 0 Å². The normalized spacial score (nSPS) is 18.8. The average molecular weight is 254 g/mol. The maximum atomic E-state index is 11.4. The number of nitrogens with zero attached hydrogens (tertiary/aromatic N) is 1. The summed E-state index contributed by atoms with van der Waals surface area (Å²) in [5.74, 6) is 0.149. The summed E-state index contributed by atoms with van der Waals surface area (Å²) in [6.45, 7) is 4.53. The lowest BCUT2D eigenvalue weighted by Gasteiger charge is -2.06. The second-order valence-electron chi connectivity index (χ2n) is 4.20. The van der Waals surface area contributed by atoms with E-state index in [4.69, 9.17) is 13.9 Å². The van der Waals surface area contributed by atoms with E-state index in [1.54, 1.807) is 6.92 Å². The Morgan fingerprint density at radius 3 is 3.28 bits per heavy atom. The van der Waals surface area contributed by atoms with E-state index in [9.17, 15) is 4.79 Å². The van der Waals surface area contributed by atoms with E-state index in [-0.39, 0.29) is 5.69 Å². The second kappa shape index (κ2) is 6.39. The van der Waals surface area contributed by atoms with Crippen molar-refractivity contribution in [1.29, 1.82) is 0 Å². The number of nitrogens with one attached hydrogen (secondary N) is 1. The molecule has 0 radical (unpaired) electrons. The first-order chi connectivity index (χ1) is 8.79. The van der Waals surface area contributed by atoms with Gasteiger partial charge in [-0.05, 0) is 25.7 Å². The molecular weight excluding hydrogens is 236 g/mol. The van der Waals surface area contributed by atoms with Crippen LogP contribution >= 0.6 is 0 Å². The highest BCUT2D eigenvalue weighted by Crippen LogP contribution is 2.16. The molecule has 1 fully saturated rings. The summed E-state index contributed by atoms with van der Waals surface area (Å²) in [5.41, 5.74) is 0.198. The highest BCUT2D eigenvalue weighted by Gasteiger charge is 2.16. The first-order valence-corrected chi connectivity index (χ1v) is 6.24. The molecule has 1 aromatic rings. The molecule has 100 valence electrons. The van der Waals surface area contributed by atoms with E-state index in [1.165, 1.54) is 6.26 Å². The molecule has 0 spiro atoms. The quantitative estimate of drug-likeness (QED) is 0.779. The van der Waals surface area contributed by atoms with Gasteiger partial charge < -0.3 is 19.2 Å². The van der Waals surface area contributed by atoms with Crippen LogP contribution in [0.15, 0.2) is 10.7 Å². The Balaban J connectivity index is 1.74. The van der Waals surface area contributed by atoms with Crippen molar-refractivity contribution in [2.45, 2.75) is 19.8 Å². The maximum absolute atomic E-state index is 11.4. The minimum Gasteiger partial charge on any atom is -0.461 e. The number of ether oxygens (including phenoxy) is 2. The summed E-state index contributed by atoms with van der Waals surface area (Å²) in [6, 6.07) is 0.358. The van der Waals surface area contributed by atoms with Crippen molar-refractivity contribution in [2.75, 3.05) is 31.7 Å². The Kier molecular flexibility index (Phi) is 4.58. The van der Waals surface area contributed by atoms with Gasteiger partial charge in [-0.15, -0.1) is 0 Å². The molecule has 1 atom stereocenters. The Morgan fingerprint density at radius 1 is 1.67 bits per heavy atom. The number of aromatic nitrogens is 1. The summed E-state index contributed by atoms with van der Waals surface area (Å²) in [7, 11) is 0. The van der Waals surface area contributed by atoms with Gasteiger partial charge in [0.2, 0.25) is 0 Å². The zero-order valence-corrected chi connectivity index (χ0v) is 10.5. The van der Waals surface area contributed by atoms with Gasteiger partial charge in [0, 0.05) is 19.8 Å². The first-order valence-electron chi connectivity index (χ1n) is 6.24. The van der Waals surface area contributed by atoms with E-state index < -0.39 is 5.97 Å². The number of carbonyl (C=O) groups is 1. The van der Waals surface area contributed by atoms with Gasteiger partial charge in [0.25, 0.3) is 6.01 Å². The van der Waals surface area contributed by atoms with Crippen LogP contribution in [0.4, 0.5) is 6.01 Å². The summed E-state index contributed by atoms with van der Waals surface area (Å²) < 4.78 is 15.3. The molecule has 1 aliphatic heterocycles. The van der Waals surface area contributed by atoms with Crippen molar-refractivity contribution in [3.8, 4) is 0 Å². The average Bonchev–Trinajstić information content (AvgIpc) is 3.00. The molecule has 18 heavy (non-hydrogen) atoms. The molecule has 2 heterocycles. The smallest absolute Gasteiger partial charge is 0.360 e. The summed E-state index contributed by atoms with van der Waals surface area (Å²) in [6.07, 6.45) is 3.43. The van der Waals surface area contributed by atoms with Crippen LogP contribution in [0, 0.1) is 5.92 Å². The van der Waals surface area contributed by atoms with Gasteiger partial charge in [-0.3, -0.25) is 0 Å². The molecule has 2 rings (SSSR count). The SMILES string of the molecule is CCOC(=O)c1coc(NCCC2CCOC2)n1. The highest BCUT2D eigenvalue weighted by molar-refractivity contribution is 5.87. The van der Waals surface area contributed by atoms with Gasteiger partial charge in [0.05, 0.1) is 6.61 Å². The number of anilines is 1. The fraction of sp³-hybridized carbons (Fsp3) is 0.667. The zero-order valence-electron chi connectivity index (χ0n) is 10.5. The van der Waals surface area contributed by atoms with Crippen LogP contribution in [0.25, 0.3) is 0 Å². The molecule has 0 saturated carbocycles. The van der Waals surface area contributed by atoms with Gasteiger partial charge >= 0.3 is 5.97 Å². The van der Waals surface area contributed by atoms with Crippen molar-refractivity contribution in [1.82, 2.24) is 4.98 Å². The third-order valence-corrected chi connectivity index (χ3v) is 2.84. The van der Waals surface area contributed by atoms with Crippen molar-refractivity contribution in [3.63, 3.8) is 0 Å². The zero-order chi connectivity index (χ0) is 12.8. The number of oxazole rings is 1. The number of hydrogen-bond donors (Lipinski definition) is 1. The molecule has 1 saturated heterocycles. The number of carbonyl (C=O) groups excluding carboxylic acids is 1. The van der Waals surface area contributed by atoms with Gasteiger partial charge in [0.1, 0.15) is 6.26 Å². The molecule has 0 bridgehead atoms. The number of esters is 1. The molecule has 0 aliphatic carbocycles. The van der Waals surface area contributed by atoms with Gasteiger partial charge in [0.15, 0.2) is 5.69 Å². The largest absolute Gasteiger partial charge is 0.461 e. The van der Waals surface area contributed by atoms with Crippen molar-refractivity contribution in [2.24, 2.45) is 5.92 Å². The summed E-state index contributed by atoms with van der Waals surface area (Å²) in [5, 5.41) is 3.05. The molecule has 1 unspecified atom stereocenters. The van der Waals surface area contributed by atoms with E-state index in [0.29, 0.717) is 18.5 Å². The highest BCUT2D eigenvalue weighted by atomic mass is 16.5. The third-order valence-electron chi connectivity index (χ3n) is 2.84. The first kappa shape index (κ1) is 12.9. The maximum Gasteiger partial charge on any atom is 0.360 e. The lowest BCUT2D eigenvalue weighted by molar-refractivity contribution is 0.0519. The molecule has 1 N–H and O–H groups in total. The van der Waals surface area contributed by atoms with Gasteiger partial charge in [-0.2, -0.15) is 4.98 Å². The van der Waals surface area contributed by atoms with Crippen LogP contribution in [0.5, 0.6) is 0 Å². The van der Waals surface area contributed by atoms with Crippen LogP contribution in [0.2, 0.25) is 0 Å². The van der Waals surface area contributed by atoms with E-state index in [0.717, 1.165) is 32.6 Å². The van der Waals surface area contributed by atoms with Crippen molar-refractivity contribution in [3.05, 3.63) is 12.0 Å². The van der Waals surface area contributed by atoms with Gasteiger partial charge in [-0.1, -0.05) is 0 Å². The minimum atomic E-state index is -0.460. The van der Waals surface area contributed by atoms with E-state index in [1.807, 2.05) is 0 Å². The topological polar surface area (TPSA) is 73.6 Å². The molecular formula is C12H18N2O4. The van der Waals surface area contributed by atoms with Crippen LogP contribution in [-0.4, -0.2) is 37.3 Å². The second-order valence-corrected chi connectivity index (χ2v) is 4.20. The lowest BCUT2D eigenvalue weighted by atomic mass is 10.1. The lowest BCUT2D eigenvalue weighted by Crippen LogP contribution is -2.10. The predicted molar refractivity (Wildman–Crippen MR) is 64.5 cm³/mol. The molecule has 1 aromatic heterocycles.